The summed E-state index contributed by atoms with van der Waals surface area (Å²) >= 11 is 0. The highest BCUT2D eigenvalue weighted by Gasteiger charge is 2.21. The molecule has 0 bridgehead atoms. The summed E-state index contributed by atoms with van der Waals surface area (Å²) in [5, 5.41) is 6.76. The molecule has 0 spiro atoms. The number of rotatable bonds is 11. The summed E-state index contributed by atoms with van der Waals surface area (Å²) in [6.07, 6.45) is 3.46. The zero-order chi connectivity index (χ0) is 22.6. The molecule has 2 heterocycles. The number of guanidine groups is 1. The predicted octanol–water partition coefficient (Wildman–Crippen LogP) is 3.66. The van der Waals surface area contributed by atoms with Crippen LogP contribution < -0.4 is 10.6 Å². The van der Waals surface area contributed by atoms with Crippen molar-refractivity contribution in [3.8, 4) is 0 Å². The van der Waals surface area contributed by atoms with Gasteiger partial charge in [-0.1, -0.05) is 38.1 Å². The van der Waals surface area contributed by atoms with E-state index in [2.05, 4.69) is 60.6 Å². The Kier molecular flexibility index (Phi) is 10.8. The third kappa shape index (κ3) is 9.08. The summed E-state index contributed by atoms with van der Waals surface area (Å²) in [5.41, 5.74) is 2.64. The minimum absolute atomic E-state index is 0.584. The van der Waals surface area contributed by atoms with Crippen molar-refractivity contribution >= 4 is 5.96 Å². The normalized spacial score (nSPS) is 24.6. The molecule has 2 aliphatic rings. The molecule has 2 saturated heterocycles. The molecule has 1 aromatic rings. The van der Waals surface area contributed by atoms with Gasteiger partial charge in [0.15, 0.2) is 5.96 Å². The summed E-state index contributed by atoms with van der Waals surface area (Å²) in [6.45, 7) is 16.1. The molecule has 2 N–H and O–H groups in total. The Balaban J connectivity index is 1.36. The van der Waals surface area contributed by atoms with Crippen LogP contribution in [0.2, 0.25) is 0 Å². The molecule has 3 unspecified atom stereocenters. The minimum Gasteiger partial charge on any atom is -0.381 e. The summed E-state index contributed by atoms with van der Waals surface area (Å²) in [6, 6.07) is 8.98. The van der Waals surface area contributed by atoms with Crippen LogP contribution in [0.15, 0.2) is 29.3 Å². The second-order valence-electron chi connectivity index (χ2n) is 9.74. The number of aliphatic imine (C=N–C) groups is 1. The van der Waals surface area contributed by atoms with Crippen LogP contribution >= 0.6 is 0 Å². The molecule has 2 aliphatic heterocycles. The molecular weight excluding hydrogens is 400 g/mol. The number of piperidine rings is 1. The molecule has 6 nitrogen and oxygen atoms in total. The molecule has 6 heteroatoms. The van der Waals surface area contributed by atoms with Gasteiger partial charge in [-0.3, -0.25) is 4.90 Å². The van der Waals surface area contributed by atoms with E-state index in [1.54, 1.807) is 0 Å². The van der Waals surface area contributed by atoms with Gasteiger partial charge in [-0.15, -0.1) is 0 Å². The van der Waals surface area contributed by atoms with E-state index >= 15 is 0 Å². The maximum absolute atomic E-state index is 5.78. The first-order valence-corrected chi connectivity index (χ1v) is 12.6. The van der Waals surface area contributed by atoms with Gasteiger partial charge in [0.05, 0.1) is 19.8 Å². The second-order valence-corrected chi connectivity index (χ2v) is 9.74. The predicted molar refractivity (Wildman–Crippen MR) is 132 cm³/mol. The maximum Gasteiger partial charge on any atom is 0.191 e. The van der Waals surface area contributed by atoms with E-state index in [9.17, 15) is 0 Å². The summed E-state index contributed by atoms with van der Waals surface area (Å²) in [4.78, 5) is 7.36. The zero-order valence-corrected chi connectivity index (χ0v) is 20.4. The fourth-order valence-corrected chi connectivity index (χ4v) is 4.79. The molecule has 0 amide bonds. The number of hydrogen-bond donors (Lipinski definition) is 2. The lowest BCUT2D eigenvalue weighted by Crippen LogP contribution is -2.38. The van der Waals surface area contributed by atoms with E-state index in [0.29, 0.717) is 12.5 Å². The number of nitrogens with one attached hydrogen (secondary N) is 2. The van der Waals surface area contributed by atoms with Crippen molar-refractivity contribution in [1.82, 2.24) is 15.5 Å². The van der Waals surface area contributed by atoms with Crippen molar-refractivity contribution < 1.29 is 9.47 Å². The number of hydrogen-bond acceptors (Lipinski definition) is 4. The number of benzene rings is 1. The Labute approximate surface area is 195 Å². The first-order valence-electron chi connectivity index (χ1n) is 12.6. The van der Waals surface area contributed by atoms with Crippen molar-refractivity contribution in [2.24, 2.45) is 22.7 Å². The van der Waals surface area contributed by atoms with E-state index in [4.69, 9.17) is 14.5 Å². The van der Waals surface area contributed by atoms with Gasteiger partial charge in [0.1, 0.15) is 0 Å². The standard InChI is InChI=1S/C26H44N4O2/c1-4-27-26(28-11-5-12-31-19-25-10-13-32-20-25)29-15-23-6-8-24(9-7-23)18-30-16-21(2)14-22(3)17-30/h6-9,21-22,25H,4-5,10-20H2,1-3H3,(H2,27,28,29). The summed E-state index contributed by atoms with van der Waals surface area (Å²) < 4.78 is 11.2. The highest BCUT2D eigenvalue weighted by Crippen LogP contribution is 2.22. The molecule has 2 fully saturated rings. The Morgan fingerprint density at radius 2 is 1.88 bits per heavy atom. The largest absolute Gasteiger partial charge is 0.381 e. The minimum atomic E-state index is 0.584. The molecule has 0 radical (unpaired) electrons. The van der Waals surface area contributed by atoms with Gasteiger partial charge in [-0.2, -0.15) is 0 Å². The number of ether oxygens (including phenoxy) is 2. The van der Waals surface area contributed by atoms with E-state index < -0.39 is 0 Å². The van der Waals surface area contributed by atoms with Crippen LogP contribution in [-0.4, -0.2) is 63.5 Å². The number of nitrogens with zero attached hydrogens (tertiary/aromatic N) is 2. The average molecular weight is 445 g/mol. The fraction of sp³-hybridized carbons (Fsp3) is 0.731. The van der Waals surface area contributed by atoms with Gasteiger partial charge in [-0.05, 0) is 49.1 Å². The molecule has 180 valence electrons. The average Bonchev–Trinajstić information content (AvgIpc) is 3.28. The van der Waals surface area contributed by atoms with Gasteiger partial charge < -0.3 is 20.1 Å². The molecule has 32 heavy (non-hydrogen) atoms. The highest BCUT2D eigenvalue weighted by atomic mass is 16.5. The van der Waals surface area contributed by atoms with Gasteiger partial charge in [0.2, 0.25) is 0 Å². The van der Waals surface area contributed by atoms with E-state index in [0.717, 1.165) is 76.7 Å². The van der Waals surface area contributed by atoms with Crippen LogP contribution in [0.5, 0.6) is 0 Å². The number of likely N-dealkylation sites (tertiary alicyclic amines) is 1. The topological polar surface area (TPSA) is 58.1 Å². The molecule has 0 aromatic heterocycles. The third-order valence-corrected chi connectivity index (χ3v) is 6.27. The van der Waals surface area contributed by atoms with Gasteiger partial charge in [0, 0.05) is 51.9 Å². The Morgan fingerprint density at radius 1 is 1.12 bits per heavy atom. The molecule has 0 saturated carbocycles. The van der Waals surface area contributed by atoms with Gasteiger partial charge in [0.25, 0.3) is 0 Å². The van der Waals surface area contributed by atoms with Crippen molar-refractivity contribution in [1.29, 1.82) is 0 Å². The van der Waals surface area contributed by atoms with Crippen molar-refractivity contribution in [3.63, 3.8) is 0 Å². The lowest BCUT2D eigenvalue weighted by molar-refractivity contribution is 0.0888. The van der Waals surface area contributed by atoms with Crippen LogP contribution in [-0.2, 0) is 22.6 Å². The van der Waals surface area contributed by atoms with Crippen molar-refractivity contribution in [2.75, 3.05) is 52.6 Å². The SMILES string of the molecule is CCNC(=NCc1ccc(CN2CC(C)CC(C)C2)cc1)NCCCOCC1CCOC1. The molecule has 1 aromatic carbocycles. The molecule has 3 rings (SSSR count). The van der Waals surface area contributed by atoms with E-state index in [1.807, 2.05) is 0 Å². The Hall–Kier alpha value is -1.63. The van der Waals surface area contributed by atoms with Crippen molar-refractivity contribution in [3.05, 3.63) is 35.4 Å². The van der Waals surface area contributed by atoms with Crippen LogP contribution in [0.3, 0.4) is 0 Å². The Morgan fingerprint density at radius 3 is 2.56 bits per heavy atom. The monoisotopic (exact) mass is 444 g/mol. The highest BCUT2D eigenvalue weighted by molar-refractivity contribution is 5.79. The lowest BCUT2D eigenvalue weighted by atomic mass is 9.91. The van der Waals surface area contributed by atoms with Crippen LogP contribution in [0.1, 0.15) is 51.2 Å². The first-order chi connectivity index (χ1) is 15.6. The van der Waals surface area contributed by atoms with Gasteiger partial charge >= 0.3 is 0 Å². The van der Waals surface area contributed by atoms with E-state index in [1.165, 1.54) is 30.6 Å². The first kappa shape index (κ1) is 25.0. The molecule has 3 atom stereocenters. The summed E-state index contributed by atoms with van der Waals surface area (Å²) in [7, 11) is 0. The zero-order valence-electron chi connectivity index (χ0n) is 20.4. The Bertz CT molecular complexity index is 663. The molecule has 0 aliphatic carbocycles. The molecular formula is C26H44N4O2. The van der Waals surface area contributed by atoms with Crippen LogP contribution in [0.25, 0.3) is 0 Å². The smallest absolute Gasteiger partial charge is 0.191 e. The third-order valence-electron chi connectivity index (χ3n) is 6.27. The second kappa shape index (κ2) is 13.8. The quantitative estimate of drug-likeness (QED) is 0.310. The van der Waals surface area contributed by atoms with Crippen molar-refractivity contribution in [2.45, 2.75) is 53.1 Å². The summed E-state index contributed by atoms with van der Waals surface area (Å²) in [5.74, 6) is 3.06. The van der Waals surface area contributed by atoms with Gasteiger partial charge in [-0.25, -0.2) is 4.99 Å². The van der Waals surface area contributed by atoms with Crippen LogP contribution in [0.4, 0.5) is 0 Å². The maximum atomic E-state index is 5.78. The van der Waals surface area contributed by atoms with E-state index in [-0.39, 0.29) is 0 Å². The lowest BCUT2D eigenvalue weighted by Gasteiger charge is -2.35. The fourth-order valence-electron chi connectivity index (χ4n) is 4.79. The van der Waals surface area contributed by atoms with Crippen LogP contribution in [0, 0.1) is 17.8 Å².